The molecule has 1 aliphatic carbocycles. The molecule has 1 aromatic carbocycles. The molecule has 0 amide bonds. The van der Waals surface area contributed by atoms with E-state index in [1.165, 1.54) is 39.3 Å². The van der Waals surface area contributed by atoms with E-state index in [9.17, 15) is 0 Å². The summed E-state index contributed by atoms with van der Waals surface area (Å²) in [4.78, 5) is 0. The molecule has 112 valence electrons. The average Bonchev–Trinajstić information content (AvgIpc) is 2.71. The molecule has 2 rings (SSSR count). The average molecular weight is 403 g/mol. The Morgan fingerprint density at radius 2 is 2.00 bits per heavy atom. The minimum absolute atomic E-state index is 0.420. The first-order valence-corrected chi connectivity index (χ1v) is 9.14. The highest BCUT2D eigenvalue weighted by Gasteiger charge is 2.40. The molecule has 0 aromatic heterocycles. The zero-order valence-electron chi connectivity index (χ0n) is 12.9. The van der Waals surface area contributed by atoms with Gasteiger partial charge in [0.05, 0.1) is 0 Å². The van der Waals surface area contributed by atoms with Gasteiger partial charge in [0.1, 0.15) is 0 Å². The van der Waals surface area contributed by atoms with E-state index < -0.39 is 0 Å². The number of halogens is 2. The molecule has 0 bridgehead atoms. The molecular weight excluding hydrogens is 378 g/mol. The molecule has 2 unspecified atom stereocenters. The van der Waals surface area contributed by atoms with Crippen molar-refractivity contribution in [1.82, 2.24) is 5.32 Å². The fourth-order valence-corrected chi connectivity index (χ4v) is 4.63. The second kappa shape index (κ2) is 6.50. The summed E-state index contributed by atoms with van der Waals surface area (Å²) in [5.41, 5.74) is 3.09. The van der Waals surface area contributed by atoms with Crippen LogP contribution in [0.2, 0.25) is 0 Å². The van der Waals surface area contributed by atoms with Crippen molar-refractivity contribution in [3.8, 4) is 0 Å². The summed E-state index contributed by atoms with van der Waals surface area (Å²) in [5.74, 6) is 0.702. The van der Waals surface area contributed by atoms with Gasteiger partial charge in [0.15, 0.2) is 0 Å². The molecule has 1 aromatic rings. The molecule has 1 nitrogen and oxygen atoms in total. The van der Waals surface area contributed by atoms with Crippen LogP contribution in [-0.2, 0) is 0 Å². The zero-order chi connectivity index (χ0) is 14.9. The number of benzene rings is 1. The fraction of sp³-hybridized carbons (Fsp3) is 0.647. The van der Waals surface area contributed by atoms with E-state index in [-0.39, 0.29) is 0 Å². The third-order valence-electron chi connectivity index (χ3n) is 4.78. The molecule has 20 heavy (non-hydrogen) atoms. The Bertz CT molecular complexity index is 482. The zero-order valence-corrected chi connectivity index (χ0v) is 16.1. The second-order valence-electron chi connectivity index (χ2n) is 6.65. The maximum Gasteiger partial charge on any atom is 0.0365 e. The van der Waals surface area contributed by atoms with E-state index in [0.717, 1.165) is 6.54 Å². The van der Waals surface area contributed by atoms with Gasteiger partial charge in [-0.15, -0.1) is 0 Å². The SMILES string of the molecule is CCNC(c1cc(Br)c(C)cc1Br)C1CCCC1(C)C. The Morgan fingerprint density at radius 1 is 1.30 bits per heavy atom. The molecule has 1 N–H and O–H groups in total. The third kappa shape index (κ3) is 3.31. The third-order valence-corrected chi connectivity index (χ3v) is 6.32. The molecule has 0 aliphatic heterocycles. The van der Waals surface area contributed by atoms with Crippen LogP contribution in [0.3, 0.4) is 0 Å². The minimum Gasteiger partial charge on any atom is -0.310 e. The van der Waals surface area contributed by atoms with Crippen molar-refractivity contribution in [1.29, 1.82) is 0 Å². The van der Waals surface area contributed by atoms with Gasteiger partial charge in [-0.25, -0.2) is 0 Å². The smallest absolute Gasteiger partial charge is 0.0365 e. The van der Waals surface area contributed by atoms with Gasteiger partial charge in [0.2, 0.25) is 0 Å². The minimum atomic E-state index is 0.420. The van der Waals surface area contributed by atoms with Crippen molar-refractivity contribution < 1.29 is 0 Å². The van der Waals surface area contributed by atoms with Crippen molar-refractivity contribution in [3.05, 3.63) is 32.2 Å². The van der Waals surface area contributed by atoms with Crippen molar-refractivity contribution in [2.24, 2.45) is 11.3 Å². The highest BCUT2D eigenvalue weighted by atomic mass is 79.9. The normalized spacial score (nSPS) is 23.0. The van der Waals surface area contributed by atoms with Gasteiger partial charge in [-0.1, -0.05) is 59.1 Å². The van der Waals surface area contributed by atoms with E-state index in [0.29, 0.717) is 17.4 Å². The van der Waals surface area contributed by atoms with Crippen LogP contribution >= 0.6 is 31.9 Å². The first-order valence-electron chi connectivity index (χ1n) is 7.55. The summed E-state index contributed by atoms with van der Waals surface area (Å²) in [6.07, 6.45) is 4.01. The molecule has 0 heterocycles. The van der Waals surface area contributed by atoms with Crippen LogP contribution in [-0.4, -0.2) is 6.54 Å². The summed E-state index contributed by atoms with van der Waals surface area (Å²) < 4.78 is 2.43. The monoisotopic (exact) mass is 401 g/mol. The molecule has 2 atom stereocenters. The Balaban J connectivity index is 2.41. The molecule has 1 aliphatic rings. The van der Waals surface area contributed by atoms with Crippen molar-refractivity contribution in [3.63, 3.8) is 0 Å². The van der Waals surface area contributed by atoms with Crippen LogP contribution in [0.5, 0.6) is 0 Å². The first-order chi connectivity index (χ1) is 9.36. The topological polar surface area (TPSA) is 12.0 Å². The van der Waals surface area contributed by atoms with Crippen molar-refractivity contribution >= 4 is 31.9 Å². The Hall–Kier alpha value is 0.140. The van der Waals surface area contributed by atoms with Crippen LogP contribution in [0.25, 0.3) is 0 Å². The summed E-state index contributed by atoms with van der Waals surface area (Å²) in [5, 5.41) is 3.73. The van der Waals surface area contributed by atoms with E-state index in [4.69, 9.17) is 0 Å². The quantitative estimate of drug-likeness (QED) is 0.651. The van der Waals surface area contributed by atoms with Gasteiger partial charge < -0.3 is 5.32 Å². The van der Waals surface area contributed by atoms with Crippen LogP contribution in [0.4, 0.5) is 0 Å². The fourth-order valence-electron chi connectivity index (χ4n) is 3.56. The summed E-state index contributed by atoms with van der Waals surface area (Å²) in [6, 6.07) is 4.95. The van der Waals surface area contributed by atoms with E-state index in [1.807, 2.05) is 0 Å². The predicted octanol–water partition coefficient (Wildman–Crippen LogP) is 6.00. The predicted molar refractivity (Wildman–Crippen MR) is 94.1 cm³/mol. The van der Waals surface area contributed by atoms with Gasteiger partial charge >= 0.3 is 0 Å². The number of hydrogen-bond donors (Lipinski definition) is 1. The van der Waals surface area contributed by atoms with Gasteiger partial charge in [-0.2, -0.15) is 0 Å². The molecule has 0 spiro atoms. The van der Waals surface area contributed by atoms with Gasteiger partial charge in [-0.05, 0) is 60.9 Å². The molecular formula is C17H25Br2N. The van der Waals surface area contributed by atoms with Crippen molar-refractivity contribution in [2.75, 3.05) is 6.54 Å². The number of nitrogens with one attached hydrogen (secondary N) is 1. The van der Waals surface area contributed by atoms with Gasteiger partial charge in [0, 0.05) is 15.0 Å². The molecule has 0 radical (unpaired) electrons. The lowest BCUT2D eigenvalue weighted by atomic mass is 9.75. The van der Waals surface area contributed by atoms with E-state index >= 15 is 0 Å². The lowest BCUT2D eigenvalue weighted by Gasteiger charge is -2.35. The first kappa shape index (κ1) is 16.5. The van der Waals surface area contributed by atoms with Crippen LogP contribution in [0, 0.1) is 18.3 Å². The second-order valence-corrected chi connectivity index (χ2v) is 8.35. The lowest BCUT2D eigenvalue weighted by Crippen LogP contribution is -2.34. The summed E-state index contributed by atoms with van der Waals surface area (Å²) in [6.45, 7) is 10.2. The lowest BCUT2D eigenvalue weighted by molar-refractivity contribution is 0.198. The van der Waals surface area contributed by atoms with Crippen LogP contribution in [0.1, 0.15) is 57.2 Å². The molecule has 1 saturated carbocycles. The van der Waals surface area contributed by atoms with Crippen LogP contribution in [0.15, 0.2) is 21.1 Å². The Kier molecular flexibility index (Phi) is 5.36. The highest BCUT2D eigenvalue weighted by Crippen LogP contribution is 2.50. The number of hydrogen-bond acceptors (Lipinski definition) is 1. The van der Waals surface area contributed by atoms with E-state index in [2.05, 4.69) is 77.0 Å². The van der Waals surface area contributed by atoms with Crippen molar-refractivity contribution in [2.45, 2.75) is 53.0 Å². The molecule has 0 saturated heterocycles. The maximum absolute atomic E-state index is 3.78. The van der Waals surface area contributed by atoms with Crippen LogP contribution < -0.4 is 5.32 Å². The highest BCUT2D eigenvalue weighted by molar-refractivity contribution is 9.11. The number of aryl methyl sites for hydroxylation is 1. The Labute approximate surface area is 140 Å². The molecule has 1 fully saturated rings. The number of rotatable bonds is 4. The standard InChI is InChI=1S/C17H25Br2N/c1-5-20-16(13-7-6-8-17(13,3)4)12-10-14(18)11(2)9-15(12)19/h9-10,13,16,20H,5-8H2,1-4H3. The summed E-state index contributed by atoms with van der Waals surface area (Å²) >= 11 is 7.46. The largest absolute Gasteiger partial charge is 0.310 e. The van der Waals surface area contributed by atoms with Gasteiger partial charge in [0.25, 0.3) is 0 Å². The summed E-state index contributed by atoms with van der Waals surface area (Å²) in [7, 11) is 0. The maximum atomic E-state index is 3.78. The van der Waals surface area contributed by atoms with Gasteiger partial charge in [-0.3, -0.25) is 0 Å². The molecule has 3 heteroatoms. The Morgan fingerprint density at radius 3 is 2.55 bits per heavy atom. The van der Waals surface area contributed by atoms with E-state index in [1.54, 1.807) is 0 Å².